The summed E-state index contributed by atoms with van der Waals surface area (Å²) < 4.78 is 6.51. The van der Waals surface area contributed by atoms with Crippen LogP contribution in [0.25, 0.3) is 0 Å². The molecule has 0 radical (unpaired) electrons. The van der Waals surface area contributed by atoms with E-state index in [-0.39, 0.29) is 5.92 Å². The largest absolute Gasteiger partial charge is 0.339 e. The van der Waals surface area contributed by atoms with Gasteiger partial charge < -0.3 is 9.84 Å². The Hall–Kier alpha value is -0.850. The number of benzene rings is 1. The summed E-state index contributed by atoms with van der Waals surface area (Å²) in [6.45, 7) is 4.27. The molecule has 0 bridgehead atoms. The lowest BCUT2D eigenvalue weighted by molar-refractivity contribution is 0.320. The SMILES string of the molecule is CCC(c1nc(CSc2ccc(Br)cc2)no1)C(C)NC. The predicted molar refractivity (Wildman–Crippen MR) is 89.6 cm³/mol. The fraction of sp³-hybridized carbons (Fsp3) is 0.467. The van der Waals surface area contributed by atoms with Crippen LogP contribution in [0.5, 0.6) is 0 Å². The summed E-state index contributed by atoms with van der Waals surface area (Å²) in [4.78, 5) is 5.73. The van der Waals surface area contributed by atoms with Gasteiger partial charge in [-0.25, -0.2) is 0 Å². The third-order valence-corrected chi connectivity index (χ3v) is 5.02. The minimum atomic E-state index is 0.258. The van der Waals surface area contributed by atoms with Crippen molar-refractivity contribution in [2.24, 2.45) is 0 Å². The molecule has 0 aliphatic heterocycles. The number of nitrogens with one attached hydrogen (secondary N) is 1. The standard InChI is InChI=1S/C15H20BrN3OS/c1-4-13(10(2)17-3)15-18-14(19-20-15)9-21-12-7-5-11(16)6-8-12/h5-8,10,13,17H,4,9H2,1-3H3. The lowest BCUT2D eigenvalue weighted by Gasteiger charge is -2.17. The van der Waals surface area contributed by atoms with Crippen molar-refractivity contribution in [2.45, 2.75) is 42.9 Å². The molecule has 1 N–H and O–H groups in total. The van der Waals surface area contributed by atoms with Crippen LogP contribution in [0.1, 0.15) is 37.9 Å². The van der Waals surface area contributed by atoms with Crippen LogP contribution >= 0.6 is 27.7 Å². The summed E-state index contributed by atoms with van der Waals surface area (Å²) in [6, 6.07) is 8.54. The number of rotatable bonds is 7. The molecule has 0 saturated carbocycles. The Labute approximate surface area is 138 Å². The second-order valence-electron chi connectivity index (χ2n) is 4.88. The monoisotopic (exact) mass is 369 g/mol. The van der Waals surface area contributed by atoms with Crippen LogP contribution in [-0.4, -0.2) is 23.2 Å². The van der Waals surface area contributed by atoms with Gasteiger partial charge in [0.1, 0.15) is 0 Å². The van der Waals surface area contributed by atoms with Crippen LogP contribution in [0.3, 0.4) is 0 Å². The van der Waals surface area contributed by atoms with E-state index < -0.39 is 0 Å². The average Bonchev–Trinajstić information content (AvgIpc) is 2.96. The smallest absolute Gasteiger partial charge is 0.231 e. The van der Waals surface area contributed by atoms with Crippen molar-refractivity contribution >= 4 is 27.7 Å². The van der Waals surface area contributed by atoms with E-state index in [4.69, 9.17) is 4.52 Å². The van der Waals surface area contributed by atoms with Gasteiger partial charge in [-0.15, -0.1) is 11.8 Å². The van der Waals surface area contributed by atoms with Gasteiger partial charge in [0.05, 0.1) is 11.7 Å². The molecule has 2 aromatic rings. The van der Waals surface area contributed by atoms with Crippen molar-refractivity contribution in [3.63, 3.8) is 0 Å². The van der Waals surface area contributed by atoms with E-state index >= 15 is 0 Å². The molecule has 6 heteroatoms. The molecule has 1 aromatic carbocycles. The molecule has 2 unspecified atom stereocenters. The third kappa shape index (κ3) is 4.56. The van der Waals surface area contributed by atoms with E-state index in [9.17, 15) is 0 Å². The maximum atomic E-state index is 5.43. The highest BCUT2D eigenvalue weighted by Gasteiger charge is 2.22. The van der Waals surface area contributed by atoms with Gasteiger partial charge in [-0.2, -0.15) is 4.98 Å². The second kappa shape index (κ2) is 7.96. The molecular formula is C15H20BrN3OS. The average molecular weight is 370 g/mol. The van der Waals surface area contributed by atoms with Crippen LogP contribution in [0, 0.1) is 0 Å². The molecule has 0 spiro atoms. The van der Waals surface area contributed by atoms with Crippen molar-refractivity contribution < 1.29 is 4.52 Å². The van der Waals surface area contributed by atoms with E-state index in [1.54, 1.807) is 11.8 Å². The molecular weight excluding hydrogens is 350 g/mol. The molecule has 21 heavy (non-hydrogen) atoms. The molecule has 0 aliphatic rings. The maximum absolute atomic E-state index is 5.43. The van der Waals surface area contributed by atoms with E-state index in [2.05, 4.69) is 57.4 Å². The summed E-state index contributed by atoms with van der Waals surface area (Å²) in [5.41, 5.74) is 0. The molecule has 0 fully saturated rings. The first-order valence-corrected chi connectivity index (χ1v) is 8.80. The molecule has 0 amide bonds. The van der Waals surface area contributed by atoms with E-state index in [1.165, 1.54) is 4.90 Å². The molecule has 4 nitrogen and oxygen atoms in total. The molecule has 2 atom stereocenters. The molecule has 1 aromatic heterocycles. The zero-order chi connectivity index (χ0) is 15.2. The highest BCUT2D eigenvalue weighted by Crippen LogP contribution is 2.25. The number of hydrogen-bond acceptors (Lipinski definition) is 5. The lowest BCUT2D eigenvalue weighted by Crippen LogP contribution is -2.28. The number of halogens is 1. The van der Waals surface area contributed by atoms with Crippen LogP contribution in [0.2, 0.25) is 0 Å². The molecule has 0 saturated heterocycles. The first-order valence-electron chi connectivity index (χ1n) is 7.02. The van der Waals surface area contributed by atoms with Gasteiger partial charge in [0, 0.05) is 15.4 Å². The Morgan fingerprint density at radius 2 is 2.05 bits per heavy atom. The maximum Gasteiger partial charge on any atom is 0.231 e. The number of thioether (sulfide) groups is 1. The zero-order valence-electron chi connectivity index (χ0n) is 12.5. The number of nitrogens with zero attached hydrogens (tertiary/aromatic N) is 2. The van der Waals surface area contributed by atoms with Gasteiger partial charge in [0.25, 0.3) is 0 Å². The van der Waals surface area contributed by atoms with Crippen LogP contribution in [0.4, 0.5) is 0 Å². The fourth-order valence-corrected chi connectivity index (χ4v) is 3.10. The van der Waals surface area contributed by atoms with Gasteiger partial charge in [-0.1, -0.05) is 28.0 Å². The van der Waals surface area contributed by atoms with Gasteiger partial charge in [-0.05, 0) is 44.7 Å². The Kier molecular flexibility index (Phi) is 6.26. The highest BCUT2D eigenvalue weighted by atomic mass is 79.9. The van der Waals surface area contributed by atoms with Gasteiger partial charge in [0.15, 0.2) is 5.82 Å². The summed E-state index contributed by atoms with van der Waals surface area (Å²) >= 11 is 5.14. The highest BCUT2D eigenvalue weighted by molar-refractivity contribution is 9.10. The Bertz CT molecular complexity index is 558. The van der Waals surface area contributed by atoms with Crippen molar-refractivity contribution in [1.82, 2.24) is 15.5 Å². The van der Waals surface area contributed by atoms with Crippen molar-refractivity contribution in [3.8, 4) is 0 Å². The van der Waals surface area contributed by atoms with E-state index in [1.807, 2.05) is 19.2 Å². The third-order valence-electron chi connectivity index (χ3n) is 3.48. The van der Waals surface area contributed by atoms with Crippen LogP contribution in [0.15, 0.2) is 38.2 Å². The van der Waals surface area contributed by atoms with Crippen molar-refractivity contribution in [3.05, 3.63) is 40.5 Å². The minimum absolute atomic E-state index is 0.258. The minimum Gasteiger partial charge on any atom is -0.339 e. The quantitative estimate of drug-likeness (QED) is 0.740. The van der Waals surface area contributed by atoms with Gasteiger partial charge in [0.2, 0.25) is 5.89 Å². The number of hydrogen-bond donors (Lipinski definition) is 1. The molecule has 114 valence electrons. The first kappa shape index (κ1) is 16.5. The van der Waals surface area contributed by atoms with Crippen LogP contribution in [-0.2, 0) is 5.75 Å². The molecule has 0 aliphatic carbocycles. The topological polar surface area (TPSA) is 51.0 Å². The lowest BCUT2D eigenvalue weighted by atomic mass is 9.98. The predicted octanol–water partition coefficient (Wildman–Crippen LogP) is 4.23. The summed E-state index contributed by atoms with van der Waals surface area (Å²) in [7, 11) is 1.95. The van der Waals surface area contributed by atoms with E-state index in [0.717, 1.165) is 28.4 Å². The zero-order valence-corrected chi connectivity index (χ0v) is 14.9. The number of aromatic nitrogens is 2. The van der Waals surface area contributed by atoms with E-state index in [0.29, 0.717) is 6.04 Å². The van der Waals surface area contributed by atoms with Crippen molar-refractivity contribution in [1.29, 1.82) is 0 Å². The molecule has 1 heterocycles. The fourth-order valence-electron chi connectivity index (χ4n) is 2.10. The summed E-state index contributed by atoms with van der Waals surface area (Å²) in [5, 5.41) is 7.34. The van der Waals surface area contributed by atoms with Gasteiger partial charge >= 0.3 is 0 Å². The Morgan fingerprint density at radius 3 is 2.67 bits per heavy atom. The summed E-state index contributed by atoms with van der Waals surface area (Å²) in [6.07, 6.45) is 0.976. The Morgan fingerprint density at radius 1 is 1.33 bits per heavy atom. The number of likely N-dealkylation sites (N-methyl/N-ethyl adjacent to an activating group) is 1. The van der Waals surface area contributed by atoms with Crippen molar-refractivity contribution in [2.75, 3.05) is 7.05 Å². The summed E-state index contributed by atoms with van der Waals surface area (Å²) in [5.74, 6) is 2.45. The van der Waals surface area contributed by atoms with Crippen LogP contribution < -0.4 is 5.32 Å². The molecule has 2 rings (SSSR count). The normalized spacial score (nSPS) is 14.1. The first-order chi connectivity index (χ1) is 10.1. The van der Waals surface area contributed by atoms with Gasteiger partial charge in [-0.3, -0.25) is 0 Å². The Balaban J connectivity index is 1.98. The second-order valence-corrected chi connectivity index (χ2v) is 6.85.